The number of hydrogen-bond donors (Lipinski definition) is 0. The molecule has 7 nitrogen and oxygen atoms in total. The predicted octanol–water partition coefficient (Wildman–Crippen LogP) is 2.96. The lowest BCUT2D eigenvalue weighted by Gasteiger charge is -2.36. The number of aryl methyl sites for hydroxylation is 1. The highest BCUT2D eigenvalue weighted by atomic mass is 16.6. The maximum atomic E-state index is 12.9. The molecular weight excluding hydrogens is 406 g/mol. The van der Waals surface area contributed by atoms with Crippen molar-refractivity contribution in [3.63, 3.8) is 0 Å². The fourth-order valence-electron chi connectivity index (χ4n) is 4.62. The summed E-state index contributed by atoms with van der Waals surface area (Å²) in [5, 5.41) is 0. The molecule has 1 aromatic carbocycles. The Kier molecular flexibility index (Phi) is 5.41. The van der Waals surface area contributed by atoms with Crippen molar-refractivity contribution in [1.82, 2.24) is 14.4 Å². The first-order valence-electron chi connectivity index (χ1n) is 11.3. The quantitative estimate of drug-likeness (QED) is 0.693. The molecule has 1 aromatic heterocycles. The monoisotopic (exact) mass is 435 g/mol. The van der Waals surface area contributed by atoms with Gasteiger partial charge in [0.1, 0.15) is 6.61 Å². The minimum atomic E-state index is -0.645. The molecule has 1 atom stereocenters. The van der Waals surface area contributed by atoms with Gasteiger partial charge < -0.3 is 23.8 Å². The van der Waals surface area contributed by atoms with Crippen molar-refractivity contribution in [3.05, 3.63) is 53.4 Å². The van der Waals surface area contributed by atoms with E-state index in [9.17, 15) is 9.59 Å². The van der Waals surface area contributed by atoms with Crippen LogP contribution in [0.5, 0.6) is 11.5 Å². The van der Waals surface area contributed by atoms with Crippen molar-refractivity contribution in [2.24, 2.45) is 0 Å². The smallest absolute Gasteiger partial charge is 0.267 e. The Bertz CT molecular complexity index is 1060. The van der Waals surface area contributed by atoms with Crippen LogP contribution in [0, 0.1) is 13.8 Å². The third-order valence-electron chi connectivity index (χ3n) is 6.53. The lowest BCUT2D eigenvalue weighted by molar-refractivity contribution is -0.145. The van der Waals surface area contributed by atoms with Crippen molar-refractivity contribution in [2.75, 3.05) is 32.8 Å². The van der Waals surface area contributed by atoms with Gasteiger partial charge in [0.05, 0.1) is 0 Å². The average molecular weight is 436 g/mol. The maximum Gasteiger partial charge on any atom is 0.267 e. The van der Waals surface area contributed by atoms with Crippen molar-refractivity contribution in [3.8, 4) is 11.5 Å². The summed E-state index contributed by atoms with van der Waals surface area (Å²) in [6.45, 7) is 6.47. The molecule has 0 radical (unpaired) electrons. The Labute approximate surface area is 188 Å². The van der Waals surface area contributed by atoms with Gasteiger partial charge >= 0.3 is 0 Å². The number of nitrogens with zero attached hydrogens (tertiary/aromatic N) is 3. The summed E-state index contributed by atoms with van der Waals surface area (Å²) in [5.41, 5.74) is 3.58. The molecule has 168 valence electrons. The first kappa shape index (κ1) is 20.7. The van der Waals surface area contributed by atoms with Crippen molar-refractivity contribution in [2.45, 2.75) is 38.8 Å². The van der Waals surface area contributed by atoms with Crippen LogP contribution in [-0.4, -0.2) is 65.1 Å². The number of fused-ring (bicyclic) bond motifs is 1. The van der Waals surface area contributed by atoms with Crippen LogP contribution in [0.15, 0.2) is 36.4 Å². The van der Waals surface area contributed by atoms with E-state index in [1.54, 1.807) is 21.9 Å². The molecule has 32 heavy (non-hydrogen) atoms. The largest absolute Gasteiger partial charge is 0.485 e. The van der Waals surface area contributed by atoms with E-state index in [2.05, 4.69) is 24.5 Å². The minimum Gasteiger partial charge on any atom is -0.485 e. The van der Waals surface area contributed by atoms with Crippen molar-refractivity contribution < 1.29 is 19.1 Å². The molecule has 1 saturated heterocycles. The van der Waals surface area contributed by atoms with E-state index in [0.29, 0.717) is 43.7 Å². The van der Waals surface area contributed by atoms with Crippen molar-refractivity contribution in [1.29, 1.82) is 0 Å². The van der Waals surface area contributed by atoms with Gasteiger partial charge in [-0.15, -0.1) is 0 Å². The summed E-state index contributed by atoms with van der Waals surface area (Å²) < 4.78 is 13.9. The number of ether oxygens (including phenoxy) is 2. The number of rotatable bonds is 4. The zero-order chi connectivity index (χ0) is 22.2. The lowest BCUT2D eigenvalue weighted by Crippen LogP contribution is -2.54. The number of para-hydroxylation sites is 2. The van der Waals surface area contributed by atoms with Crippen LogP contribution in [0.4, 0.5) is 0 Å². The normalized spacial score (nSPS) is 20.6. The summed E-state index contributed by atoms with van der Waals surface area (Å²) in [6.07, 6.45) is 5.42. The highest BCUT2D eigenvalue weighted by molar-refractivity contribution is 5.92. The van der Waals surface area contributed by atoms with E-state index in [-0.39, 0.29) is 18.4 Å². The van der Waals surface area contributed by atoms with Crippen LogP contribution in [-0.2, 0) is 9.59 Å². The molecule has 3 heterocycles. The molecule has 2 fully saturated rings. The standard InChI is InChI=1S/C25H29N3O4/c1-17-15-19(18(2)28(17)20-8-9-20)7-10-24(29)26-11-13-27(14-12-26)25(30)23-16-31-21-5-3-4-6-22(21)32-23/h3-7,10,15,20,23H,8-9,11-14,16H2,1-2H3/b10-7+. The van der Waals surface area contributed by atoms with E-state index in [4.69, 9.17) is 9.47 Å². The van der Waals surface area contributed by atoms with Gasteiger partial charge in [-0.3, -0.25) is 9.59 Å². The molecule has 1 saturated carbocycles. The number of piperazine rings is 1. The van der Waals surface area contributed by atoms with Crippen LogP contribution in [0.3, 0.4) is 0 Å². The number of amides is 2. The second-order valence-corrected chi connectivity index (χ2v) is 8.78. The number of aromatic nitrogens is 1. The third kappa shape index (κ3) is 3.99. The summed E-state index contributed by atoms with van der Waals surface area (Å²) >= 11 is 0. The minimum absolute atomic E-state index is 0.0144. The first-order valence-corrected chi connectivity index (χ1v) is 11.3. The Balaban J connectivity index is 1.15. The van der Waals surface area contributed by atoms with Gasteiger partial charge in [0.15, 0.2) is 11.5 Å². The predicted molar refractivity (Wildman–Crippen MR) is 121 cm³/mol. The summed E-state index contributed by atoms with van der Waals surface area (Å²) in [5.74, 6) is 1.16. The fourth-order valence-corrected chi connectivity index (χ4v) is 4.62. The van der Waals surface area contributed by atoms with Crippen LogP contribution >= 0.6 is 0 Å². The fraction of sp³-hybridized carbons (Fsp3) is 0.440. The molecule has 2 aliphatic heterocycles. The summed E-state index contributed by atoms with van der Waals surface area (Å²) in [6, 6.07) is 10.2. The zero-order valence-electron chi connectivity index (χ0n) is 18.6. The van der Waals surface area contributed by atoms with Gasteiger partial charge in [0, 0.05) is 49.7 Å². The van der Waals surface area contributed by atoms with Gasteiger partial charge in [-0.25, -0.2) is 0 Å². The molecule has 2 amide bonds. The number of carbonyl (C=O) groups is 2. The van der Waals surface area contributed by atoms with E-state index >= 15 is 0 Å². The number of hydrogen-bond acceptors (Lipinski definition) is 4. The highest BCUT2D eigenvalue weighted by Gasteiger charge is 2.33. The molecule has 0 bridgehead atoms. The molecule has 1 unspecified atom stereocenters. The maximum absolute atomic E-state index is 12.9. The molecular formula is C25H29N3O4. The molecule has 0 spiro atoms. The topological polar surface area (TPSA) is 64.0 Å². The van der Waals surface area contributed by atoms with Crippen LogP contribution in [0.25, 0.3) is 6.08 Å². The SMILES string of the molecule is Cc1cc(/C=C/C(=O)N2CCN(C(=O)C3COc4ccccc4O3)CC2)c(C)n1C1CC1. The van der Waals surface area contributed by atoms with Crippen LogP contribution in [0.1, 0.15) is 35.8 Å². The van der Waals surface area contributed by atoms with Gasteiger partial charge in [0.2, 0.25) is 12.0 Å². The highest BCUT2D eigenvalue weighted by Crippen LogP contribution is 2.38. The Morgan fingerprint density at radius 3 is 2.41 bits per heavy atom. The van der Waals surface area contributed by atoms with E-state index in [1.165, 1.54) is 24.2 Å². The second-order valence-electron chi connectivity index (χ2n) is 8.78. The second kappa shape index (κ2) is 8.37. The van der Waals surface area contributed by atoms with Gasteiger partial charge in [-0.2, -0.15) is 0 Å². The molecule has 0 N–H and O–H groups in total. The molecule has 7 heteroatoms. The average Bonchev–Trinajstić information content (AvgIpc) is 3.61. The third-order valence-corrected chi connectivity index (χ3v) is 6.53. The van der Waals surface area contributed by atoms with Gasteiger partial charge in [-0.1, -0.05) is 12.1 Å². The first-order chi connectivity index (χ1) is 15.5. The molecule has 1 aliphatic carbocycles. The Morgan fingerprint density at radius 2 is 1.69 bits per heavy atom. The Hall–Kier alpha value is -3.22. The number of benzene rings is 1. The van der Waals surface area contributed by atoms with E-state index < -0.39 is 6.10 Å². The van der Waals surface area contributed by atoms with Crippen LogP contribution < -0.4 is 9.47 Å². The Morgan fingerprint density at radius 1 is 1.00 bits per heavy atom. The summed E-state index contributed by atoms with van der Waals surface area (Å²) in [4.78, 5) is 29.2. The summed E-state index contributed by atoms with van der Waals surface area (Å²) in [7, 11) is 0. The number of carbonyl (C=O) groups excluding carboxylic acids is 2. The zero-order valence-corrected chi connectivity index (χ0v) is 18.6. The van der Waals surface area contributed by atoms with Crippen LogP contribution in [0.2, 0.25) is 0 Å². The molecule has 2 aromatic rings. The van der Waals surface area contributed by atoms with Crippen molar-refractivity contribution >= 4 is 17.9 Å². The molecule has 5 rings (SSSR count). The van der Waals surface area contributed by atoms with Gasteiger partial charge in [0.25, 0.3) is 5.91 Å². The van der Waals surface area contributed by atoms with E-state index in [1.807, 2.05) is 24.3 Å². The van der Waals surface area contributed by atoms with Gasteiger partial charge in [-0.05, 0) is 56.5 Å². The van der Waals surface area contributed by atoms with E-state index in [0.717, 1.165) is 5.56 Å². The molecule has 3 aliphatic rings. The lowest BCUT2D eigenvalue weighted by atomic mass is 10.2.